The van der Waals surface area contributed by atoms with Crippen LogP contribution in [0.15, 0.2) is 58.1 Å². The fraction of sp³-hybridized carbons (Fsp3) is 0.400. The lowest BCUT2D eigenvalue weighted by atomic mass is 10.2. The number of carbonyl (C=O) groups is 1. The molecule has 1 amide bonds. The lowest BCUT2D eigenvalue weighted by Gasteiger charge is -2.36. The van der Waals surface area contributed by atoms with Crippen LogP contribution in [0.2, 0.25) is 0 Å². The van der Waals surface area contributed by atoms with Gasteiger partial charge in [0.25, 0.3) is 0 Å². The number of hydrogen-bond acceptors (Lipinski definition) is 4. The van der Waals surface area contributed by atoms with E-state index in [-0.39, 0.29) is 12.5 Å². The number of amides is 1. The van der Waals surface area contributed by atoms with Crippen LogP contribution >= 0.6 is 0 Å². The average molecular weight is 369 g/mol. The molecule has 1 fully saturated rings. The fourth-order valence-electron chi connectivity index (χ4n) is 3.11. The van der Waals surface area contributed by atoms with Crippen LogP contribution in [-0.4, -0.2) is 61.4 Å². The predicted octanol–water partition coefficient (Wildman–Crippen LogP) is 1.29. The highest BCUT2D eigenvalue weighted by atomic mass is 16.3. The lowest BCUT2D eigenvalue weighted by molar-refractivity contribution is -0.120. The Morgan fingerprint density at radius 1 is 1.07 bits per heavy atom. The van der Waals surface area contributed by atoms with E-state index in [1.807, 2.05) is 12.1 Å². The van der Waals surface area contributed by atoms with E-state index < -0.39 is 0 Å². The van der Waals surface area contributed by atoms with Gasteiger partial charge in [0.1, 0.15) is 5.76 Å². The van der Waals surface area contributed by atoms with Crippen LogP contribution in [-0.2, 0) is 17.9 Å². The zero-order valence-electron chi connectivity index (χ0n) is 15.7. The van der Waals surface area contributed by atoms with Crippen LogP contribution in [0.4, 0.5) is 0 Å². The first-order valence-corrected chi connectivity index (χ1v) is 9.25. The molecular weight excluding hydrogens is 342 g/mol. The molecule has 2 N–H and O–H groups in total. The minimum absolute atomic E-state index is 0.0877. The zero-order chi connectivity index (χ0) is 18.9. The number of carbonyl (C=O) groups excluding carboxylic acids is 1. The number of piperazine rings is 1. The van der Waals surface area contributed by atoms with Gasteiger partial charge in [0.2, 0.25) is 5.91 Å². The van der Waals surface area contributed by atoms with E-state index in [0.29, 0.717) is 6.54 Å². The van der Waals surface area contributed by atoms with Gasteiger partial charge in [-0.25, -0.2) is 0 Å². The Balaban J connectivity index is 1.39. The maximum absolute atomic E-state index is 12.0. The number of rotatable bonds is 6. The summed E-state index contributed by atoms with van der Waals surface area (Å²) in [7, 11) is 1.75. The monoisotopic (exact) mass is 369 g/mol. The average Bonchev–Trinajstić information content (AvgIpc) is 3.22. The molecule has 1 aromatic heterocycles. The van der Waals surface area contributed by atoms with Crippen molar-refractivity contribution in [2.75, 3.05) is 39.8 Å². The van der Waals surface area contributed by atoms with Crippen molar-refractivity contribution in [1.82, 2.24) is 20.4 Å². The summed E-state index contributed by atoms with van der Waals surface area (Å²) in [4.78, 5) is 21.0. The van der Waals surface area contributed by atoms with Crippen molar-refractivity contribution in [1.29, 1.82) is 0 Å². The highest BCUT2D eigenvalue weighted by Crippen LogP contribution is 2.08. The maximum atomic E-state index is 12.0. The second-order valence-electron chi connectivity index (χ2n) is 6.51. The van der Waals surface area contributed by atoms with E-state index in [4.69, 9.17) is 4.42 Å². The molecule has 0 unspecified atom stereocenters. The van der Waals surface area contributed by atoms with Crippen molar-refractivity contribution in [2.45, 2.75) is 13.1 Å². The summed E-state index contributed by atoms with van der Waals surface area (Å²) in [5.74, 6) is 1.42. The van der Waals surface area contributed by atoms with Gasteiger partial charge in [0.15, 0.2) is 5.96 Å². The van der Waals surface area contributed by atoms with Gasteiger partial charge in [-0.3, -0.25) is 14.7 Å². The minimum Gasteiger partial charge on any atom is -0.467 e. The van der Waals surface area contributed by atoms with Crippen molar-refractivity contribution in [3.63, 3.8) is 0 Å². The smallest absolute Gasteiger partial charge is 0.239 e. The number of aliphatic imine (C=N–C) groups is 1. The number of benzene rings is 1. The van der Waals surface area contributed by atoms with Crippen molar-refractivity contribution < 1.29 is 9.21 Å². The second kappa shape index (κ2) is 9.78. The summed E-state index contributed by atoms with van der Waals surface area (Å²) < 4.78 is 5.21. The third-order valence-corrected chi connectivity index (χ3v) is 4.58. The molecule has 3 rings (SSSR count). The lowest BCUT2D eigenvalue weighted by Crippen LogP contribution is -2.53. The first kappa shape index (κ1) is 19.0. The molecule has 1 aliphatic rings. The molecule has 27 heavy (non-hydrogen) atoms. The van der Waals surface area contributed by atoms with E-state index in [0.717, 1.165) is 44.4 Å². The van der Waals surface area contributed by atoms with Gasteiger partial charge in [0.05, 0.1) is 19.4 Å². The highest BCUT2D eigenvalue weighted by molar-refractivity contribution is 5.86. The Labute approximate surface area is 160 Å². The molecular formula is C20H27N5O2. The first-order chi connectivity index (χ1) is 13.2. The fourth-order valence-corrected chi connectivity index (χ4v) is 3.11. The third kappa shape index (κ3) is 5.86. The molecule has 1 aromatic carbocycles. The Morgan fingerprint density at radius 2 is 1.85 bits per heavy atom. The number of nitrogens with one attached hydrogen (secondary N) is 2. The van der Waals surface area contributed by atoms with Crippen LogP contribution < -0.4 is 10.6 Å². The van der Waals surface area contributed by atoms with Gasteiger partial charge in [-0.05, 0) is 17.7 Å². The largest absolute Gasteiger partial charge is 0.467 e. The van der Waals surface area contributed by atoms with Crippen molar-refractivity contribution in [2.24, 2.45) is 4.99 Å². The number of furan rings is 1. The van der Waals surface area contributed by atoms with Crippen molar-refractivity contribution in [3.05, 3.63) is 60.1 Å². The molecule has 0 saturated carbocycles. The molecule has 0 atom stereocenters. The Morgan fingerprint density at radius 3 is 2.52 bits per heavy atom. The van der Waals surface area contributed by atoms with E-state index in [2.05, 4.69) is 49.7 Å². The second-order valence-corrected chi connectivity index (χ2v) is 6.51. The van der Waals surface area contributed by atoms with Crippen LogP contribution in [0, 0.1) is 0 Å². The Hall–Kier alpha value is -2.80. The van der Waals surface area contributed by atoms with E-state index in [1.54, 1.807) is 19.4 Å². The Kier molecular flexibility index (Phi) is 6.87. The molecule has 1 saturated heterocycles. The molecule has 144 valence electrons. The van der Waals surface area contributed by atoms with E-state index in [1.165, 1.54) is 5.56 Å². The summed E-state index contributed by atoms with van der Waals surface area (Å²) in [5, 5.41) is 5.97. The maximum Gasteiger partial charge on any atom is 0.239 e. The number of hydrogen-bond donors (Lipinski definition) is 2. The van der Waals surface area contributed by atoms with Gasteiger partial charge in [0, 0.05) is 39.8 Å². The van der Waals surface area contributed by atoms with Gasteiger partial charge < -0.3 is 20.0 Å². The molecule has 2 heterocycles. The topological polar surface area (TPSA) is 73.1 Å². The third-order valence-electron chi connectivity index (χ3n) is 4.58. The normalized spacial score (nSPS) is 15.6. The van der Waals surface area contributed by atoms with Crippen LogP contribution in [0.1, 0.15) is 11.3 Å². The van der Waals surface area contributed by atoms with Crippen molar-refractivity contribution >= 4 is 11.9 Å². The number of nitrogens with zero attached hydrogens (tertiary/aromatic N) is 3. The zero-order valence-corrected chi connectivity index (χ0v) is 15.7. The summed E-state index contributed by atoms with van der Waals surface area (Å²) in [6.45, 7) is 5.28. The molecule has 7 heteroatoms. The summed E-state index contributed by atoms with van der Waals surface area (Å²) in [6, 6.07) is 14.2. The van der Waals surface area contributed by atoms with Gasteiger partial charge in [-0.2, -0.15) is 0 Å². The minimum atomic E-state index is -0.0877. The first-order valence-electron chi connectivity index (χ1n) is 9.25. The molecule has 7 nitrogen and oxygen atoms in total. The highest BCUT2D eigenvalue weighted by Gasteiger charge is 2.20. The molecule has 2 aromatic rings. The predicted molar refractivity (Wildman–Crippen MR) is 105 cm³/mol. The van der Waals surface area contributed by atoms with Crippen molar-refractivity contribution in [3.8, 4) is 0 Å². The summed E-state index contributed by atoms with van der Waals surface area (Å²) in [5.41, 5.74) is 1.33. The molecule has 0 spiro atoms. The number of guanidine groups is 1. The molecule has 0 radical (unpaired) electrons. The van der Waals surface area contributed by atoms with Crippen LogP contribution in [0.5, 0.6) is 0 Å². The molecule has 0 aliphatic carbocycles. The van der Waals surface area contributed by atoms with Gasteiger partial charge >= 0.3 is 0 Å². The van der Waals surface area contributed by atoms with E-state index in [9.17, 15) is 4.79 Å². The van der Waals surface area contributed by atoms with Gasteiger partial charge in [-0.15, -0.1) is 0 Å². The standard InChI is InChI=1S/C20H27N5O2/c1-21-20(23-15-19(26)22-14-18-8-5-13-27-18)25-11-9-24(10-12-25)16-17-6-3-2-4-7-17/h2-8,13H,9-12,14-16H2,1H3,(H,21,23)(H,22,26). The van der Waals surface area contributed by atoms with Crippen LogP contribution in [0.25, 0.3) is 0 Å². The van der Waals surface area contributed by atoms with E-state index >= 15 is 0 Å². The van der Waals surface area contributed by atoms with Crippen LogP contribution in [0.3, 0.4) is 0 Å². The van der Waals surface area contributed by atoms with Gasteiger partial charge in [-0.1, -0.05) is 30.3 Å². The SMILES string of the molecule is CN=C(NCC(=O)NCc1ccco1)N1CCN(Cc2ccccc2)CC1. The summed E-state index contributed by atoms with van der Waals surface area (Å²) in [6.07, 6.45) is 1.60. The quantitative estimate of drug-likeness (QED) is 0.593. The summed E-state index contributed by atoms with van der Waals surface area (Å²) >= 11 is 0. The molecule has 1 aliphatic heterocycles. The molecule has 0 bridgehead atoms. The Bertz CT molecular complexity index is 722.